The van der Waals surface area contributed by atoms with Crippen molar-refractivity contribution in [2.75, 3.05) is 23.7 Å². The van der Waals surface area contributed by atoms with Crippen LogP contribution in [0.5, 0.6) is 0 Å². The van der Waals surface area contributed by atoms with Gasteiger partial charge in [0.2, 0.25) is 0 Å². The molecule has 0 spiro atoms. The van der Waals surface area contributed by atoms with Crippen molar-refractivity contribution in [3.05, 3.63) is 16.7 Å². The summed E-state index contributed by atoms with van der Waals surface area (Å²) in [5, 5.41) is 1.30. The zero-order valence-electron chi connectivity index (χ0n) is 9.48. The van der Waals surface area contributed by atoms with Crippen molar-refractivity contribution in [2.24, 2.45) is 0 Å². The quantitative estimate of drug-likeness (QED) is 0.866. The number of halogens is 1. The van der Waals surface area contributed by atoms with Gasteiger partial charge < -0.3 is 10.6 Å². The Morgan fingerprint density at radius 3 is 2.62 bits per heavy atom. The van der Waals surface area contributed by atoms with Gasteiger partial charge in [-0.2, -0.15) is 11.8 Å². The molecular formula is C11H16BrN3S. The van der Waals surface area contributed by atoms with Gasteiger partial charge in [-0.3, -0.25) is 0 Å². The molecule has 2 N–H and O–H groups in total. The average Bonchev–Trinajstić information content (AvgIpc) is 2.15. The van der Waals surface area contributed by atoms with Crippen LogP contribution in [0, 0.1) is 0 Å². The molecule has 2 rings (SSSR count). The van der Waals surface area contributed by atoms with Crippen molar-refractivity contribution in [1.29, 1.82) is 0 Å². The van der Waals surface area contributed by atoms with Gasteiger partial charge in [0.15, 0.2) is 0 Å². The number of pyridine rings is 1. The van der Waals surface area contributed by atoms with Crippen LogP contribution in [0.1, 0.15) is 13.8 Å². The number of thioether (sulfide) groups is 1. The number of aromatic nitrogens is 1. The van der Waals surface area contributed by atoms with Crippen molar-refractivity contribution in [3.8, 4) is 0 Å². The largest absolute Gasteiger partial charge is 0.397 e. The Hall–Kier alpha value is -0.420. The van der Waals surface area contributed by atoms with Gasteiger partial charge >= 0.3 is 0 Å². The Kier molecular flexibility index (Phi) is 3.64. The zero-order valence-corrected chi connectivity index (χ0v) is 11.9. The van der Waals surface area contributed by atoms with Gasteiger partial charge in [-0.05, 0) is 22.0 Å². The fourth-order valence-corrected chi connectivity index (χ4v) is 3.97. The van der Waals surface area contributed by atoms with E-state index in [2.05, 4.69) is 39.7 Å². The maximum absolute atomic E-state index is 5.70. The molecule has 5 heteroatoms. The molecule has 1 aromatic heterocycles. The van der Waals surface area contributed by atoms with Crippen LogP contribution in [0.4, 0.5) is 11.5 Å². The monoisotopic (exact) mass is 301 g/mol. The summed E-state index contributed by atoms with van der Waals surface area (Å²) in [5.74, 6) is 1.01. The average molecular weight is 302 g/mol. The van der Waals surface area contributed by atoms with Crippen molar-refractivity contribution >= 4 is 39.2 Å². The van der Waals surface area contributed by atoms with Gasteiger partial charge in [-0.1, -0.05) is 13.8 Å². The molecule has 0 aliphatic carbocycles. The minimum Gasteiger partial charge on any atom is -0.397 e. The topological polar surface area (TPSA) is 42.2 Å². The molecule has 3 nitrogen and oxygen atoms in total. The Morgan fingerprint density at radius 1 is 1.44 bits per heavy atom. The lowest BCUT2D eigenvalue weighted by molar-refractivity contribution is 0.717. The van der Waals surface area contributed by atoms with E-state index in [1.54, 1.807) is 6.20 Å². The summed E-state index contributed by atoms with van der Waals surface area (Å²) < 4.78 is 0.985. The van der Waals surface area contributed by atoms with Crippen molar-refractivity contribution in [1.82, 2.24) is 4.98 Å². The van der Waals surface area contributed by atoms with E-state index in [1.807, 2.05) is 17.8 Å². The Morgan fingerprint density at radius 2 is 2.06 bits per heavy atom. The molecule has 0 radical (unpaired) electrons. The number of nitrogens with zero attached hydrogens (tertiary/aromatic N) is 2. The van der Waals surface area contributed by atoms with E-state index in [-0.39, 0.29) is 0 Å². The second-order valence-corrected chi connectivity index (χ2v) is 6.97. The second-order valence-electron chi connectivity index (χ2n) is 4.24. The zero-order chi connectivity index (χ0) is 11.7. The highest BCUT2D eigenvalue weighted by Crippen LogP contribution is 2.32. The first kappa shape index (κ1) is 12.0. The molecule has 2 unspecified atom stereocenters. The molecule has 2 atom stereocenters. The lowest BCUT2D eigenvalue weighted by Crippen LogP contribution is -2.41. The summed E-state index contributed by atoms with van der Waals surface area (Å²) in [6.07, 6.45) is 1.72. The lowest BCUT2D eigenvalue weighted by Gasteiger charge is -2.35. The Bertz CT molecular complexity index is 375. The molecule has 1 fully saturated rings. The summed E-state index contributed by atoms with van der Waals surface area (Å²) in [6.45, 7) is 6.62. The number of nitrogen functional groups attached to an aromatic ring is 1. The molecule has 1 saturated heterocycles. The van der Waals surface area contributed by atoms with E-state index in [1.165, 1.54) is 0 Å². The van der Waals surface area contributed by atoms with E-state index in [0.29, 0.717) is 16.2 Å². The van der Waals surface area contributed by atoms with Crippen LogP contribution < -0.4 is 10.6 Å². The molecule has 1 aliphatic heterocycles. The third kappa shape index (κ3) is 2.63. The van der Waals surface area contributed by atoms with Crippen LogP contribution in [-0.2, 0) is 0 Å². The highest BCUT2D eigenvalue weighted by Gasteiger charge is 2.24. The first-order valence-electron chi connectivity index (χ1n) is 5.37. The summed E-state index contributed by atoms with van der Waals surface area (Å²) in [6, 6.07) is 1.92. The molecule has 0 aromatic carbocycles. The molecule has 2 heterocycles. The molecular weight excluding hydrogens is 286 g/mol. The van der Waals surface area contributed by atoms with Gasteiger partial charge in [0, 0.05) is 23.6 Å². The van der Waals surface area contributed by atoms with Crippen LogP contribution in [0.15, 0.2) is 16.7 Å². The third-order valence-electron chi connectivity index (χ3n) is 2.56. The fourth-order valence-electron chi connectivity index (χ4n) is 2.03. The Labute approximate surface area is 109 Å². The van der Waals surface area contributed by atoms with Crippen molar-refractivity contribution in [3.63, 3.8) is 0 Å². The van der Waals surface area contributed by atoms with Crippen molar-refractivity contribution in [2.45, 2.75) is 24.3 Å². The standard InChI is InChI=1S/C11H16BrN3S/c1-7-5-15(6-8(2)16-7)11-10(12)3-9(13)4-14-11/h3-4,7-8H,5-6,13H2,1-2H3. The number of hydrogen-bond acceptors (Lipinski definition) is 4. The van der Waals surface area contributed by atoms with Crippen LogP contribution >= 0.6 is 27.7 Å². The van der Waals surface area contributed by atoms with Crippen LogP contribution in [0.25, 0.3) is 0 Å². The number of hydrogen-bond donors (Lipinski definition) is 1. The summed E-state index contributed by atoms with van der Waals surface area (Å²) in [7, 11) is 0. The highest BCUT2D eigenvalue weighted by atomic mass is 79.9. The van der Waals surface area contributed by atoms with Gasteiger partial charge in [0.05, 0.1) is 16.4 Å². The molecule has 1 aromatic rings. The molecule has 1 aliphatic rings. The van der Waals surface area contributed by atoms with E-state index in [9.17, 15) is 0 Å². The minimum absolute atomic E-state index is 0.648. The molecule has 0 amide bonds. The van der Waals surface area contributed by atoms with Crippen LogP contribution in [0.2, 0.25) is 0 Å². The minimum atomic E-state index is 0.648. The van der Waals surface area contributed by atoms with Gasteiger partial charge in [-0.25, -0.2) is 4.98 Å². The maximum Gasteiger partial charge on any atom is 0.143 e. The SMILES string of the molecule is CC1CN(c2ncc(N)cc2Br)CC(C)S1. The number of anilines is 2. The van der Waals surface area contributed by atoms with Crippen LogP contribution in [0.3, 0.4) is 0 Å². The predicted octanol–water partition coefficient (Wildman–Crippen LogP) is 2.76. The van der Waals surface area contributed by atoms with E-state index >= 15 is 0 Å². The second kappa shape index (κ2) is 4.84. The first-order chi connectivity index (χ1) is 7.56. The van der Waals surface area contributed by atoms with E-state index in [0.717, 1.165) is 23.4 Å². The summed E-state index contributed by atoms with van der Waals surface area (Å²) in [4.78, 5) is 6.74. The number of rotatable bonds is 1. The summed E-state index contributed by atoms with van der Waals surface area (Å²) in [5.41, 5.74) is 6.39. The highest BCUT2D eigenvalue weighted by molar-refractivity contribution is 9.10. The normalized spacial score (nSPS) is 25.8. The van der Waals surface area contributed by atoms with E-state index < -0.39 is 0 Å². The fraction of sp³-hybridized carbons (Fsp3) is 0.545. The van der Waals surface area contributed by atoms with Crippen molar-refractivity contribution < 1.29 is 0 Å². The van der Waals surface area contributed by atoms with E-state index in [4.69, 9.17) is 5.73 Å². The number of nitrogens with two attached hydrogens (primary N) is 1. The molecule has 88 valence electrons. The molecule has 0 bridgehead atoms. The lowest BCUT2D eigenvalue weighted by atomic mass is 10.3. The smallest absolute Gasteiger partial charge is 0.143 e. The van der Waals surface area contributed by atoms with Gasteiger partial charge in [0.1, 0.15) is 5.82 Å². The van der Waals surface area contributed by atoms with Gasteiger partial charge in [-0.15, -0.1) is 0 Å². The predicted molar refractivity (Wildman–Crippen MR) is 75.1 cm³/mol. The van der Waals surface area contributed by atoms with Gasteiger partial charge in [0.25, 0.3) is 0 Å². The molecule has 0 saturated carbocycles. The van der Waals surface area contributed by atoms with Crippen LogP contribution in [-0.4, -0.2) is 28.6 Å². The Balaban J connectivity index is 2.23. The third-order valence-corrected chi connectivity index (χ3v) is 4.37. The maximum atomic E-state index is 5.70. The summed E-state index contributed by atoms with van der Waals surface area (Å²) >= 11 is 5.57. The first-order valence-corrected chi connectivity index (χ1v) is 7.11. The molecule has 16 heavy (non-hydrogen) atoms.